The third-order valence-electron chi connectivity index (χ3n) is 3.04. The molecule has 0 bridgehead atoms. The zero-order chi connectivity index (χ0) is 14.8. The van der Waals surface area contributed by atoms with Gasteiger partial charge in [-0.2, -0.15) is 9.59 Å². The molecule has 0 radical (unpaired) electrons. The third-order valence-corrected chi connectivity index (χ3v) is 3.57. The Kier molecular flexibility index (Phi) is 7.62. The summed E-state index contributed by atoms with van der Waals surface area (Å²) in [6.45, 7) is 0. The minimum Gasteiger partial charge on any atom is -0.335 e. The molecule has 0 aliphatic heterocycles. The number of amides is 2. The summed E-state index contributed by atoms with van der Waals surface area (Å²) < 4.78 is 1.01. The number of urea groups is 1. The molecule has 1 aliphatic rings. The molecular formula is C14H17BrN2O3. The van der Waals surface area contributed by atoms with E-state index in [4.69, 9.17) is 9.59 Å². The van der Waals surface area contributed by atoms with Crippen LogP contribution in [0.25, 0.3) is 0 Å². The highest BCUT2D eigenvalue weighted by Gasteiger charge is 2.15. The molecule has 1 saturated carbocycles. The van der Waals surface area contributed by atoms with Crippen LogP contribution in [0.4, 0.5) is 10.5 Å². The molecule has 0 heterocycles. The van der Waals surface area contributed by atoms with E-state index in [-0.39, 0.29) is 12.2 Å². The molecule has 1 aromatic carbocycles. The Labute approximate surface area is 126 Å². The summed E-state index contributed by atoms with van der Waals surface area (Å²) >= 11 is 3.36. The van der Waals surface area contributed by atoms with E-state index in [0.717, 1.165) is 23.0 Å². The van der Waals surface area contributed by atoms with Crippen molar-refractivity contribution in [1.29, 1.82) is 0 Å². The van der Waals surface area contributed by atoms with E-state index in [9.17, 15) is 4.79 Å². The van der Waals surface area contributed by atoms with Crippen molar-refractivity contribution in [2.75, 3.05) is 5.32 Å². The zero-order valence-electron chi connectivity index (χ0n) is 11.0. The van der Waals surface area contributed by atoms with Crippen LogP contribution in [0, 0.1) is 0 Å². The zero-order valence-corrected chi connectivity index (χ0v) is 12.6. The highest BCUT2D eigenvalue weighted by Crippen LogP contribution is 2.18. The maximum Gasteiger partial charge on any atom is 0.373 e. The van der Waals surface area contributed by atoms with Gasteiger partial charge < -0.3 is 10.6 Å². The van der Waals surface area contributed by atoms with Crippen LogP contribution in [0.2, 0.25) is 0 Å². The Bertz CT molecular complexity index is 450. The van der Waals surface area contributed by atoms with E-state index >= 15 is 0 Å². The number of hydrogen-bond donors (Lipinski definition) is 2. The first-order valence-corrected chi connectivity index (χ1v) is 7.27. The summed E-state index contributed by atoms with van der Waals surface area (Å²) in [4.78, 5) is 28.0. The van der Waals surface area contributed by atoms with E-state index in [0.29, 0.717) is 6.04 Å². The van der Waals surface area contributed by atoms with Gasteiger partial charge in [-0.1, -0.05) is 35.2 Å². The summed E-state index contributed by atoms with van der Waals surface area (Å²) in [7, 11) is 0. The summed E-state index contributed by atoms with van der Waals surface area (Å²) in [5, 5.41) is 5.87. The van der Waals surface area contributed by atoms with Crippen LogP contribution < -0.4 is 10.6 Å². The Balaban J connectivity index is 0.000000612. The van der Waals surface area contributed by atoms with E-state index in [2.05, 4.69) is 26.6 Å². The quantitative estimate of drug-likeness (QED) is 0.866. The first-order chi connectivity index (χ1) is 9.65. The normalized spacial score (nSPS) is 14.4. The summed E-state index contributed by atoms with van der Waals surface area (Å²) in [6, 6.07) is 7.83. The fourth-order valence-electron chi connectivity index (χ4n) is 2.13. The second-order valence-corrected chi connectivity index (χ2v) is 5.44. The van der Waals surface area contributed by atoms with Crippen LogP contribution in [-0.4, -0.2) is 18.2 Å². The summed E-state index contributed by atoms with van der Waals surface area (Å²) in [6.07, 6.45) is 6.21. The van der Waals surface area contributed by atoms with Gasteiger partial charge in [-0.05, 0) is 37.1 Å². The van der Waals surface area contributed by atoms with Gasteiger partial charge in [0.1, 0.15) is 0 Å². The molecule has 1 aromatic rings. The van der Waals surface area contributed by atoms with Crippen molar-refractivity contribution in [3.05, 3.63) is 28.7 Å². The van der Waals surface area contributed by atoms with Crippen LogP contribution in [0.1, 0.15) is 32.1 Å². The number of halogens is 1. The molecule has 5 nitrogen and oxygen atoms in total. The van der Waals surface area contributed by atoms with E-state index < -0.39 is 0 Å². The lowest BCUT2D eigenvalue weighted by molar-refractivity contribution is -0.191. The van der Waals surface area contributed by atoms with Crippen molar-refractivity contribution in [1.82, 2.24) is 5.32 Å². The molecule has 20 heavy (non-hydrogen) atoms. The molecule has 0 saturated heterocycles. The second-order valence-electron chi connectivity index (χ2n) is 4.52. The topological polar surface area (TPSA) is 75.3 Å². The van der Waals surface area contributed by atoms with Gasteiger partial charge in [0.2, 0.25) is 0 Å². The second kappa shape index (κ2) is 9.28. The predicted octanol–water partition coefficient (Wildman–Crippen LogP) is 3.32. The number of nitrogens with one attached hydrogen (secondary N) is 2. The lowest BCUT2D eigenvalue weighted by atomic mass is 9.96. The number of carbonyl (C=O) groups excluding carboxylic acids is 3. The Morgan fingerprint density at radius 3 is 2.20 bits per heavy atom. The molecular weight excluding hydrogens is 324 g/mol. The van der Waals surface area contributed by atoms with Crippen LogP contribution in [0.15, 0.2) is 28.7 Å². The Hall–Kier alpha value is -1.65. The minimum atomic E-state index is -0.0979. The van der Waals surface area contributed by atoms with Gasteiger partial charge in [0.25, 0.3) is 0 Å². The number of hydrogen-bond acceptors (Lipinski definition) is 3. The third kappa shape index (κ3) is 6.50. The van der Waals surface area contributed by atoms with E-state index in [1.807, 2.05) is 24.3 Å². The lowest BCUT2D eigenvalue weighted by Crippen LogP contribution is -2.38. The first kappa shape index (κ1) is 16.4. The molecule has 1 aliphatic carbocycles. The number of rotatable bonds is 2. The van der Waals surface area contributed by atoms with Crippen molar-refractivity contribution < 1.29 is 14.4 Å². The molecule has 1 fully saturated rings. The molecule has 6 heteroatoms. The van der Waals surface area contributed by atoms with Crippen molar-refractivity contribution in [2.24, 2.45) is 0 Å². The molecule has 108 valence electrons. The highest BCUT2D eigenvalue weighted by atomic mass is 79.9. The van der Waals surface area contributed by atoms with Crippen LogP contribution in [0.5, 0.6) is 0 Å². The summed E-state index contributed by atoms with van der Waals surface area (Å²) in [5.41, 5.74) is 0.821. The average molecular weight is 341 g/mol. The average Bonchev–Trinajstić information content (AvgIpc) is 2.43. The number of carbonyl (C=O) groups is 1. The highest BCUT2D eigenvalue weighted by molar-refractivity contribution is 9.10. The van der Waals surface area contributed by atoms with Gasteiger partial charge >= 0.3 is 12.2 Å². The van der Waals surface area contributed by atoms with Gasteiger partial charge in [-0.25, -0.2) is 4.79 Å². The summed E-state index contributed by atoms with van der Waals surface area (Å²) in [5.74, 6) is 0. The van der Waals surface area contributed by atoms with Gasteiger partial charge in [-0.3, -0.25) is 0 Å². The molecule has 2 rings (SSSR count). The Morgan fingerprint density at radius 1 is 1.10 bits per heavy atom. The van der Waals surface area contributed by atoms with Gasteiger partial charge in [-0.15, -0.1) is 0 Å². The van der Waals surface area contributed by atoms with Crippen LogP contribution in [0.3, 0.4) is 0 Å². The predicted molar refractivity (Wildman–Crippen MR) is 78.2 cm³/mol. The Morgan fingerprint density at radius 2 is 1.65 bits per heavy atom. The molecule has 2 N–H and O–H groups in total. The largest absolute Gasteiger partial charge is 0.373 e. The molecule has 0 spiro atoms. The standard InChI is InChI=1S/C13H17BrN2O.CO2/c14-10-6-8-12(9-7-10)16-13(17)15-11-4-2-1-3-5-11;2-1-3/h6-9,11H,1-5H2,(H2,15,16,17);. The molecule has 0 unspecified atom stereocenters. The number of benzene rings is 1. The van der Waals surface area contributed by atoms with Crippen LogP contribution >= 0.6 is 15.9 Å². The maximum absolute atomic E-state index is 11.7. The van der Waals surface area contributed by atoms with Crippen LogP contribution in [-0.2, 0) is 9.59 Å². The maximum atomic E-state index is 11.7. The molecule has 0 atom stereocenters. The molecule has 0 aromatic heterocycles. The first-order valence-electron chi connectivity index (χ1n) is 6.48. The van der Waals surface area contributed by atoms with Crippen molar-refractivity contribution in [2.45, 2.75) is 38.1 Å². The lowest BCUT2D eigenvalue weighted by Gasteiger charge is -2.22. The minimum absolute atomic E-state index is 0.0979. The van der Waals surface area contributed by atoms with E-state index in [1.165, 1.54) is 19.3 Å². The fourth-order valence-corrected chi connectivity index (χ4v) is 2.40. The van der Waals surface area contributed by atoms with Crippen molar-refractivity contribution >= 4 is 33.8 Å². The van der Waals surface area contributed by atoms with Gasteiger partial charge in [0, 0.05) is 16.2 Å². The van der Waals surface area contributed by atoms with E-state index in [1.54, 1.807) is 0 Å². The monoisotopic (exact) mass is 340 g/mol. The fraction of sp³-hybridized carbons (Fsp3) is 0.429. The molecule has 2 amide bonds. The number of anilines is 1. The van der Waals surface area contributed by atoms with Crippen molar-refractivity contribution in [3.8, 4) is 0 Å². The van der Waals surface area contributed by atoms with Gasteiger partial charge in [0.05, 0.1) is 0 Å². The van der Waals surface area contributed by atoms with Gasteiger partial charge in [0.15, 0.2) is 0 Å². The van der Waals surface area contributed by atoms with Crippen molar-refractivity contribution in [3.63, 3.8) is 0 Å². The smallest absolute Gasteiger partial charge is 0.335 e. The SMILES string of the molecule is O=C(Nc1ccc(Br)cc1)NC1CCCCC1.O=C=O.